The number of amides is 1. The zero-order valence-corrected chi connectivity index (χ0v) is 11.8. The molecule has 1 aliphatic rings. The quantitative estimate of drug-likeness (QED) is 0.846. The Bertz CT molecular complexity index is 289. The molecule has 0 bridgehead atoms. The molecule has 5 heteroatoms. The lowest BCUT2D eigenvalue weighted by atomic mass is 9.91. The fraction of sp³-hybridized carbons (Fsp3) is 0.923. The van der Waals surface area contributed by atoms with Gasteiger partial charge in [0.25, 0.3) is 0 Å². The van der Waals surface area contributed by atoms with Gasteiger partial charge in [-0.3, -0.25) is 0 Å². The van der Waals surface area contributed by atoms with Crippen LogP contribution >= 0.6 is 0 Å². The Kier molecular flexibility index (Phi) is 4.96. The molecule has 1 amide bonds. The maximum atomic E-state index is 13.1. The number of nitrogens with two attached hydrogens (primary N) is 1. The van der Waals surface area contributed by atoms with Crippen LogP contribution in [0.1, 0.15) is 34.1 Å². The van der Waals surface area contributed by atoms with Crippen LogP contribution in [-0.2, 0) is 4.74 Å². The number of rotatable bonds is 3. The van der Waals surface area contributed by atoms with Crippen LogP contribution in [0.15, 0.2) is 0 Å². The van der Waals surface area contributed by atoms with E-state index >= 15 is 0 Å². The van der Waals surface area contributed by atoms with Crippen molar-refractivity contribution in [3.63, 3.8) is 0 Å². The van der Waals surface area contributed by atoms with Gasteiger partial charge < -0.3 is 15.4 Å². The molecule has 106 valence electrons. The van der Waals surface area contributed by atoms with Gasteiger partial charge in [-0.05, 0) is 52.5 Å². The van der Waals surface area contributed by atoms with Crippen molar-refractivity contribution in [2.75, 3.05) is 19.6 Å². The van der Waals surface area contributed by atoms with Gasteiger partial charge in [-0.15, -0.1) is 0 Å². The van der Waals surface area contributed by atoms with Crippen molar-refractivity contribution >= 4 is 6.09 Å². The molecule has 3 unspecified atom stereocenters. The summed E-state index contributed by atoms with van der Waals surface area (Å²) in [6.45, 7) is 8.65. The number of carbonyl (C=O) groups is 1. The van der Waals surface area contributed by atoms with E-state index in [1.54, 1.807) is 11.8 Å². The molecule has 0 aromatic heterocycles. The molecule has 3 atom stereocenters. The van der Waals surface area contributed by atoms with Crippen LogP contribution in [0.5, 0.6) is 0 Å². The van der Waals surface area contributed by atoms with Gasteiger partial charge in [0.2, 0.25) is 0 Å². The van der Waals surface area contributed by atoms with Crippen LogP contribution in [-0.4, -0.2) is 42.4 Å². The largest absolute Gasteiger partial charge is 0.444 e. The van der Waals surface area contributed by atoms with Gasteiger partial charge >= 0.3 is 6.09 Å². The van der Waals surface area contributed by atoms with Gasteiger partial charge in [-0.25, -0.2) is 9.18 Å². The normalized spacial score (nSPS) is 26.2. The van der Waals surface area contributed by atoms with Crippen molar-refractivity contribution in [2.45, 2.75) is 45.9 Å². The molecule has 0 aliphatic carbocycles. The van der Waals surface area contributed by atoms with E-state index in [1.165, 1.54) is 0 Å². The highest BCUT2D eigenvalue weighted by atomic mass is 19.1. The first-order chi connectivity index (χ1) is 8.23. The fourth-order valence-corrected chi connectivity index (χ4v) is 2.37. The number of nitrogens with zero attached hydrogens (tertiary/aromatic N) is 1. The summed E-state index contributed by atoms with van der Waals surface area (Å²) in [4.78, 5) is 13.6. The average molecular weight is 260 g/mol. The Morgan fingerprint density at radius 2 is 2.00 bits per heavy atom. The van der Waals surface area contributed by atoms with E-state index in [0.29, 0.717) is 26.1 Å². The third-order valence-electron chi connectivity index (χ3n) is 3.16. The average Bonchev–Trinajstić information content (AvgIpc) is 2.57. The first-order valence-corrected chi connectivity index (χ1v) is 6.55. The van der Waals surface area contributed by atoms with E-state index < -0.39 is 11.8 Å². The molecule has 1 rings (SSSR count). The minimum absolute atomic E-state index is 0.141. The predicted molar refractivity (Wildman–Crippen MR) is 69.0 cm³/mol. The predicted octanol–water partition coefficient (Wildman–Crippen LogP) is 2.18. The van der Waals surface area contributed by atoms with Crippen LogP contribution in [0.2, 0.25) is 0 Å². The summed E-state index contributed by atoms with van der Waals surface area (Å²) in [6, 6.07) is 0. The molecule has 18 heavy (non-hydrogen) atoms. The Balaban J connectivity index is 2.58. The summed E-state index contributed by atoms with van der Waals surface area (Å²) in [7, 11) is 0. The minimum Gasteiger partial charge on any atom is -0.444 e. The number of hydrogen-bond acceptors (Lipinski definition) is 3. The highest BCUT2D eigenvalue weighted by Crippen LogP contribution is 2.28. The highest BCUT2D eigenvalue weighted by Gasteiger charge is 2.36. The van der Waals surface area contributed by atoms with Crippen molar-refractivity contribution in [1.29, 1.82) is 0 Å². The monoisotopic (exact) mass is 260 g/mol. The second kappa shape index (κ2) is 5.87. The maximum Gasteiger partial charge on any atom is 0.410 e. The minimum atomic E-state index is -0.859. The summed E-state index contributed by atoms with van der Waals surface area (Å²) < 4.78 is 18.4. The number of ether oxygens (including phenoxy) is 1. The fourth-order valence-electron chi connectivity index (χ4n) is 2.37. The van der Waals surface area contributed by atoms with E-state index in [4.69, 9.17) is 10.5 Å². The molecule has 1 aliphatic heterocycles. The van der Waals surface area contributed by atoms with Crippen LogP contribution in [0.3, 0.4) is 0 Å². The van der Waals surface area contributed by atoms with E-state index in [-0.39, 0.29) is 17.9 Å². The van der Waals surface area contributed by atoms with Crippen LogP contribution in [0.25, 0.3) is 0 Å². The Morgan fingerprint density at radius 1 is 1.44 bits per heavy atom. The molecule has 0 aromatic carbocycles. The van der Waals surface area contributed by atoms with E-state index in [0.717, 1.165) is 0 Å². The number of carbonyl (C=O) groups excluding carboxylic acids is 1. The summed E-state index contributed by atoms with van der Waals surface area (Å²) in [5, 5.41) is 0. The third kappa shape index (κ3) is 4.44. The van der Waals surface area contributed by atoms with E-state index in [9.17, 15) is 9.18 Å². The van der Waals surface area contributed by atoms with Crippen molar-refractivity contribution in [2.24, 2.45) is 17.6 Å². The van der Waals surface area contributed by atoms with Gasteiger partial charge in [0.1, 0.15) is 5.60 Å². The molecular formula is C13H25FN2O2. The van der Waals surface area contributed by atoms with Crippen molar-refractivity contribution < 1.29 is 13.9 Å². The second-order valence-electron chi connectivity index (χ2n) is 6.16. The van der Waals surface area contributed by atoms with Crippen LogP contribution < -0.4 is 5.73 Å². The van der Waals surface area contributed by atoms with Gasteiger partial charge in [-0.2, -0.15) is 0 Å². The first kappa shape index (κ1) is 15.2. The molecule has 1 fully saturated rings. The zero-order chi connectivity index (χ0) is 13.9. The molecular weight excluding hydrogens is 235 g/mol. The smallest absolute Gasteiger partial charge is 0.410 e. The lowest BCUT2D eigenvalue weighted by Crippen LogP contribution is -2.35. The van der Waals surface area contributed by atoms with Crippen molar-refractivity contribution in [3.8, 4) is 0 Å². The Labute approximate surface area is 109 Å². The van der Waals surface area contributed by atoms with Crippen LogP contribution in [0, 0.1) is 11.8 Å². The summed E-state index contributed by atoms with van der Waals surface area (Å²) in [5.41, 5.74) is 5.19. The summed E-state index contributed by atoms with van der Waals surface area (Å²) in [6.07, 6.45) is -0.723. The lowest BCUT2D eigenvalue weighted by molar-refractivity contribution is 0.0282. The highest BCUT2D eigenvalue weighted by molar-refractivity contribution is 5.68. The van der Waals surface area contributed by atoms with Crippen molar-refractivity contribution in [3.05, 3.63) is 0 Å². The standard InChI is InChI=1S/C13H25FN2O2/c1-9(14)5-10-7-16(8-11(10)6-15)12(17)18-13(2,3)4/h9-11H,5-8,15H2,1-4H3. The molecule has 0 spiro atoms. The summed E-state index contributed by atoms with van der Waals surface area (Å²) in [5.74, 6) is 0.318. The SMILES string of the molecule is CC(F)CC1CN(C(=O)OC(C)(C)C)CC1CN. The van der Waals surface area contributed by atoms with Gasteiger partial charge in [0, 0.05) is 13.1 Å². The lowest BCUT2D eigenvalue weighted by Gasteiger charge is -2.24. The third-order valence-corrected chi connectivity index (χ3v) is 3.16. The molecule has 4 nitrogen and oxygen atoms in total. The molecule has 0 saturated carbocycles. The molecule has 0 aromatic rings. The van der Waals surface area contributed by atoms with Gasteiger partial charge in [0.05, 0.1) is 6.17 Å². The number of alkyl halides is 1. The van der Waals surface area contributed by atoms with E-state index in [1.807, 2.05) is 20.8 Å². The van der Waals surface area contributed by atoms with Crippen molar-refractivity contribution in [1.82, 2.24) is 4.90 Å². The number of likely N-dealkylation sites (tertiary alicyclic amines) is 1. The molecule has 2 N–H and O–H groups in total. The maximum absolute atomic E-state index is 13.1. The van der Waals surface area contributed by atoms with Gasteiger partial charge in [0.15, 0.2) is 0 Å². The topological polar surface area (TPSA) is 55.6 Å². The molecule has 0 radical (unpaired) electrons. The second-order valence-corrected chi connectivity index (χ2v) is 6.16. The summed E-state index contributed by atoms with van der Waals surface area (Å²) >= 11 is 0. The van der Waals surface area contributed by atoms with Gasteiger partial charge in [-0.1, -0.05) is 0 Å². The van der Waals surface area contributed by atoms with E-state index in [2.05, 4.69) is 0 Å². The Hall–Kier alpha value is -0.840. The zero-order valence-electron chi connectivity index (χ0n) is 11.8. The number of hydrogen-bond donors (Lipinski definition) is 1. The number of halogens is 1. The molecule has 1 heterocycles. The van der Waals surface area contributed by atoms with Crippen LogP contribution in [0.4, 0.5) is 9.18 Å². The Morgan fingerprint density at radius 3 is 2.44 bits per heavy atom. The molecule has 1 saturated heterocycles. The first-order valence-electron chi connectivity index (χ1n) is 6.55.